The lowest BCUT2D eigenvalue weighted by Crippen LogP contribution is -2.42. The summed E-state index contributed by atoms with van der Waals surface area (Å²) in [7, 11) is 0. The summed E-state index contributed by atoms with van der Waals surface area (Å²) < 4.78 is 5.52. The van der Waals surface area contributed by atoms with E-state index in [1.807, 2.05) is 32.0 Å². The van der Waals surface area contributed by atoms with Crippen LogP contribution in [0.1, 0.15) is 24.7 Å². The van der Waals surface area contributed by atoms with Crippen molar-refractivity contribution in [1.82, 2.24) is 14.9 Å². The number of carbonyl (C=O) groups is 1. The van der Waals surface area contributed by atoms with Crippen LogP contribution < -0.4 is 0 Å². The van der Waals surface area contributed by atoms with E-state index in [4.69, 9.17) is 4.74 Å². The van der Waals surface area contributed by atoms with E-state index in [0.717, 1.165) is 22.4 Å². The fraction of sp³-hybridized carbons (Fsp3) is 0.556. The number of imidazole rings is 1. The van der Waals surface area contributed by atoms with E-state index in [2.05, 4.69) is 9.97 Å². The predicted molar refractivity (Wildman–Crippen MR) is 91.7 cm³/mol. The molecule has 1 unspecified atom stereocenters. The fourth-order valence-electron chi connectivity index (χ4n) is 3.12. The van der Waals surface area contributed by atoms with Crippen LogP contribution in [0.4, 0.5) is 0 Å². The van der Waals surface area contributed by atoms with E-state index in [-0.39, 0.29) is 17.9 Å². The Labute approximate surface area is 141 Å². The van der Waals surface area contributed by atoms with Crippen molar-refractivity contribution in [2.75, 3.05) is 32.9 Å². The molecule has 1 amide bonds. The Hall–Kier alpha value is -1.92. The molecule has 130 valence electrons. The number of aliphatic hydroxyl groups excluding tert-OH is 1. The smallest absolute Gasteiger partial charge is 0.223 e. The molecular formula is C18H25N3O3. The summed E-state index contributed by atoms with van der Waals surface area (Å²) >= 11 is 0. The zero-order valence-electron chi connectivity index (χ0n) is 14.3. The molecule has 2 N–H and O–H groups in total. The highest BCUT2D eigenvalue weighted by Gasteiger charge is 2.31. The van der Waals surface area contributed by atoms with Gasteiger partial charge in [-0.3, -0.25) is 4.79 Å². The number of benzene rings is 1. The van der Waals surface area contributed by atoms with Gasteiger partial charge < -0.3 is 19.7 Å². The van der Waals surface area contributed by atoms with Gasteiger partial charge in [-0.25, -0.2) is 4.98 Å². The number of carbonyl (C=O) groups excluding carboxylic acids is 1. The monoisotopic (exact) mass is 331 g/mol. The molecular weight excluding hydrogens is 306 g/mol. The van der Waals surface area contributed by atoms with Crippen LogP contribution in [-0.2, 0) is 16.0 Å². The Morgan fingerprint density at radius 3 is 3.08 bits per heavy atom. The average molecular weight is 331 g/mol. The van der Waals surface area contributed by atoms with Gasteiger partial charge in [0.1, 0.15) is 5.82 Å². The first-order chi connectivity index (χ1) is 11.5. The molecule has 1 aliphatic heterocycles. The molecule has 1 aliphatic rings. The lowest BCUT2D eigenvalue weighted by molar-refractivity contribution is -0.132. The van der Waals surface area contributed by atoms with Gasteiger partial charge in [0, 0.05) is 31.3 Å². The first kappa shape index (κ1) is 16.9. The molecule has 6 nitrogen and oxygen atoms in total. The number of nitrogens with zero attached hydrogens (tertiary/aromatic N) is 2. The van der Waals surface area contributed by atoms with E-state index in [1.54, 1.807) is 4.90 Å². The molecule has 2 aromatic rings. The van der Waals surface area contributed by atoms with Crippen LogP contribution >= 0.6 is 0 Å². The highest BCUT2D eigenvalue weighted by molar-refractivity contribution is 5.79. The van der Waals surface area contributed by atoms with Gasteiger partial charge in [0.05, 0.1) is 30.9 Å². The van der Waals surface area contributed by atoms with Gasteiger partial charge in [-0.15, -0.1) is 0 Å². The number of H-pyrrole nitrogens is 1. The number of aryl methyl sites for hydroxylation is 2. The number of rotatable bonds is 4. The van der Waals surface area contributed by atoms with Crippen molar-refractivity contribution in [3.05, 3.63) is 29.6 Å². The van der Waals surface area contributed by atoms with Gasteiger partial charge in [-0.1, -0.05) is 19.1 Å². The van der Waals surface area contributed by atoms with Crippen molar-refractivity contribution in [2.24, 2.45) is 5.41 Å². The number of aromatic amines is 1. The minimum atomic E-state index is -0.386. The predicted octanol–water partition coefficient (Wildman–Crippen LogP) is 1.66. The Balaban J connectivity index is 1.64. The average Bonchev–Trinajstić information content (AvgIpc) is 2.89. The summed E-state index contributed by atoms with van der Waals surface area (Å²) in [5.74, 6) is 0.918. The van der Waals surface area contributed by atoms with Crippen molar-refractivity contribution in [2.45, 2.75) is 26.7 Å². The van der Waals surface area contributed by atoms with Crippen LogP contribution in [0.3, 0.4) is 0 Å². The Morgan fingerprint density at radius 2 is 2.33 bits per heavy atom. The number of fused-ring (bicyclic) bond motifs is 1. The number of hydrogen-bond donors (Lipinski definition) is 2. The molecule has 1 atom stereocenters. The largest absolute Gasteiger partial charge is 0.396 e. The first-order valence-corrected chi connectivity index (χ1v) is 8.41. The van der Waals surface area contributed by atoms with E-state index in [0.29, 0.717) is 39.1 Å². The van der Waals surface area contributed by atoms with Crippen molar-refractivity contribution in [3.8, 4) is 0 Å². The second kappa shape index (κ2) is 6.91. The van der Waals surface area contributed by atoms with Crippen LogP contribution in [0.5, 0.6) is 0 Å². The Bertz CT molecular complexity index is 727. The second-order valence-electron chi connectivity index (χ2n) is 6.99. The minimum Gasteiger partial charge on any atom is -0.396 e. The SMILES string of the molecule is Cc1cccc2[nH]c(CCC(=O)N3CCOCC(C)(CO)C3)nc12. The minimum absolute atomic E-state index is 0.0135. The second-order valence-corrected chi connectivity index (χ2v) is 6.99. The molecule has 3 rings (SSSR count). The fourth-order valence-corrected chi connectivity index (χ4v) is 3.12. The number of nitrogens with one attached hydrogen (secondary N) is 1. The molecule has 0 saturated carbocycles. The van der Waals surface area contributed by atoms with Crippen LogP contribution in [0.2, 0.25) is 0 Å². The number of hydrogen-bond acceptors (Lipinski definition) is 4. The molecule has 1 saturated heterocycles. The van der Waals surface area contributed by atoms with Crippen LogP contribution in [0, 0.1) is 12.3 Å². The molecule has 0 spiro atoms. The summed E-state index contributed by atoms with van der Waals surface area (Å²) in [6.45, 7) is 6.10. The van der Waals surface area contributed by atoms with Crippen molar-refractivity contribution < 1.29 is 14.6 Å². The molecule has 0 aliphatic carbocycles. The van der Waals surface area contributed by atoms with E-state index >= 15 is 0 Å². The number of aromatic nitrogens is 2. The molecule has 2 heterocycles. The maximum atomic E-state index is 12.6. The third kappa shape index (κ3) is 3.60. The molecule has 1 aromatic carbocycles. The maximum Gasteiger partial charge on any atom is 0.223 e. The topological polar surface area (TPSA) is 78.5 Å². The number of ether oxygens (including phenoxy) is 1. The highest BCUT2D eigenvalue weighted by atomic mass is 16.5. The van der Waals surface area contributed by atoms with Crippen LogP contribution in [0.25, 0.3) is 11.0 Å². The van der Waals surface area contributed by atoms with Gasteiger partial charge >= 0.3 is 0 Å². The number of para-hydroxylation sites is 1. The van der Waals surface area contributed by atoms with Crippen molar-refractivity contribution >= 4 is 16.9 Å². The third-order valence-electron chi connectivity index (χ3n) is 4.60. The molecule has 0 radical (unpaired) electrons. The quantitative estimate of drug-likeness (QED) is 0.893. The first-order valence-electron chi connectivity index (χ1n) is 8.41. The third-order valence-corrected chi connectivity index (χ3v) is 4.60. The van der Waals surface area contributed by atoms with Gasteiger partial charge in [-0.05, 0) is 18.6 Å². The van der Waals surface area contributed by atoms with Crippen LogP contribution in [0.15, 0.2) is 18.2 Å². The van der Waals surface area contributed by atoms with Gasteiger partial charge in [0.25, 0.3) is 0 Å². The van der Waals surface area contributed by atoms with Gasteiger partial charge in [0.15, 0.2) is 0 Å². The Morgan fingerprint density at radius 1 is 1.50 bits per heavy atom. The summed E-state index contributed by atoms with van der Waals surface area (Å²) in [6, 6.07) is 6.03. The zero-order valence-corrected chi connectivity index (χ0v) is 14.3. The Kier molecular flexibility index (Phi) is 4.87. The molecule has 24 heavy (non-hydrogen) atoms. The lowest BCUT2D eigenvalue weighted by Gasteiger charge is -2.30. The van der Waals surface area contributed by atoms with Gasteiger partial charge in [0.2, 0.25) is 5.91 Å². The normalized spacial score (nSPS) is 21.9. The summed E-state index contributed by atoms with van der Waals surface area (Å²) in [5, 5.41) is 9.56. The molecule has 6 heteroatoms. The van der Waals surface area contributed by atoms with E-state index in [9.17, 15) is 9.90 Å². The molecule has 0 bridgehead atoms. The summed E-state index contributed by atoms with van der Waals surface area (Å²) in [4.78, 5) is 22.2. The van der Waals surface area contributed by atoms with Crippen molar-refractivity contribution in [3.63, 3.8) is 0 Å². The number of amides is 1. The standard InChI is InChI=1S/C18H25N3O3/c1-13-4-3-5-14-17(13)20-15(19-14)6-7-16(23)21-8-9-24-12-18(2,10-21)11-22/h3-5,22H,6-12H2,1-2H3,(H,19,20). The lowest BCUT2D eigenvalue weighted by atomic mass is 9.92. The summed E-state index contributed by atoms with van der Waals surface area (Å²) in [6.07, 6.45) is 0.987. The van der Waals surface area contributed by atoms with Gasteiger partial charge in [-0.2, -0.15) is 0 Å². The molecule has 1 fully saturated rings. The zero-order chi connectivity index (χ0) is 17.2. The summed E-state index contributed by atoms with van der Waals surface area (Å²) in [5.41, 5.74) is 2.72. The maximum absolute atomic E-state index is 12.6. The molecule has 1 aromatic heterocycles. The van der Waals surface area contributed by atoms with Crippen LogP contribution in [-0.4, -0.2) is 58.8 Å². The highest BCUT2D eigenvalue weighted by Crippen LogP contribution is 2.21. The van der Waals surface area contributed by atoms with Crippen molar-refractivity contribution in [1.29, 1.82) is 0 Å². The van der Waals surface area contributed by atoms with E-state index < -0.39 is 0 Å². The number of aliphatic hydroxyl groups is 1. The van der Waals surface area contributed by atoms with E-state index in [1.165, 1.54) is 0 Å².